The Kier molecular flexibility index (Phi) is 5.04. The summed E-state index contributed by atoms with van der Waals surface area (Å²) < 4.78 is 37.3. The Labute approximate surface area is 179 Å². The first-order valence-electron chi connectivity index (χ1n) is 9.30. The number of benzene rings is 2. The average Bonchev–Trinajstić information content (AvgIpc) is 3.08. The summed E-state index contributed by atoms with van der Waals surface area (Å²) in [6.45, 7) is 5.04. The van der Waals surface area contributed by atoms with Crippen LogP contribution in [0.2, 0.25) is 5.02 Å². The highest BCUT2D eigenvalue weighted by atomic mass is 35.5. The first-order chi connectivity index (χ1) is 14.0. The monoisotopic (exact) mass is 448 g/mol. The molecular weight excluding hydrogens is 428 g/mol. The fraction of sp³-hybridized carbons (Fsp3) is 0.286. The van der Waals surface area contributed by atoms with Crippen molar-refractivity contribution in [1.29, 1.82) is 0 Å². The van der Waals surface area contributed by atoms with Crippen molar-refractivity contribution in [1.82, 2.24) is 4.31 Å². The second-order valence-corrected chi connectivity index (χ2v) is 10.5. The maximum atomic E-state index is 12.7. The van der Waals surface area contributed by atoms with Gasteiger partial charge in [0.15, 0.2) is 12.2 Å². The number of halogens is 1. The van der Waals surface area contributed by atoms with E-state index in [-0.39, 0.29) is 16.9 Å². The van der Waals surface area contributed by atoms with E-state index in [1.807, 2.05) is 19.9 Å². The van der Waals surface area contributed by atoms with E-state index in [1.165, 1.54) is 4.31 Å². The van der Waals surface area contributed by atoms with Crippen molar-refractivity contribution in [2.24, 2.45) is 11.1 Å². The van der Waals surface area contributed by atoms with Gasteiger partial charge in [0.1, 0.15) is 5.76 Å². The van der Waals surface area contributed by atoms with Gasteiger partial charge in [-0.25, -0.2) is 13.2 Å². The van der Waals surface area contributed by atoms with Crippen molar-refractivity contribution >= 4 is 38.7 Å². The van der Waals surface area contributed by atoms with E-state index >= 15 is 0 Å². The zero-order chi connectivity index (χ0) is 21.7. The van der Waals surface area contributed by atoms with Crippen molar-refractivity contribution in [3.8, 4) is 11.1 Å². The van der Waals surface area contributed by atoms with Crippen LogP contribution in [0.25, 0.3) is 22.1 Å². The third-order valence-electron chi connectivity index (χ3n) is 5.01. The number of hydrogen-bond acceptors (Lipinski definition) is 5. The Morgan fingerprint density at radius 2 is 1.83 bits per heavy atom. The molecule has 0 unspecified atom stereocenters. The van der Waals surface area contributed by atoms with Gasteiger partial charge >= 0.3 is 6.09 Å². The molecule has 1 aromatic heterocycles. The molecule has 1 aliphatic heterocycles. The van der Waals surface area contributed by atoms with Gasteiger partial charge < -0.3 is 14.9 Å². The minimum atomic E-state index is -3.48. The molecule has 3 aromatic rings. The molecule has 9 heteroatoms. The van der Waals surface area contributed by atoms with Gasteiger partial charge in [-0.1, -0.05) is 37.6 Å². The molecule has 30 heavy (non-hydrogen) atoms. The molecule has 0 saturated carbocycles. The minimum absolute atomic E-state index is 0.0189. The van der Waals surface area contributed by atoms with E-state index in [4.69, 9.17) is 26.5 Å². The molecular formula is C21H21ClN2O5S. The highest BCUT2D eigenvalue weighted by Crippen LogP contribution is 2.36. The molecule has 4 rings (SSSR count). The van der Waals surface area contributed by atoms with Crippen LogP contribution < -0.4 is 5.73 Å². The number of nitrogens with zero attached hydrogens (tertiary/aromatic N) is 1. The zero-order valence-corrected chi connectivity index (χ0v) is 18.1. The normalized spacial score (nSPS) is 16.4. The van der Waals surface area contributed by atoms with Crippen LogP contribution >= 0.6 is 11.6 Å². The highest BCUT2D eigenvalue weighted by Gasteiger charge is 2.41. The van der Waals surface area contributed by atoms with Crippen molar-refractivity contribution in [3.05, 3.63) is 53.2 Å². The third-order valence-corrected chi connectivity index (χ3v) is 7.10. The van der Waals surface area contributed by atoms with Gasteiger partial charge in [-0.05, 0) is 46.9 Å². The molecule has 7 nitrogen and oxygen atoms in total. The minimum Gasteiger partial charge on any atom is -0.456 e. The molecule has 1 fully saturated rings. The van der Waals surface area contributed by atoms with Crippen LogP contribution in [0.15, 0.2) is 51.8 Å². The second kappa shape index (κ2) is 7.30. The standard InChI is InChI=1S/C21H21ClN2O5S/c1-21(2)11-24(12-21)30(26,27)17-5-3-13(4-6-17)14-7-15-8-16(10-28-20(23)25)29-19(15)18(22)9-14/h3-9H,10-12H2,1-2H3,(H2,23,25). The number of fused-ring (bicyclic) bond motifs is 1. The average molecular weight is 449 g/mol. The summed E-state index contributed by atoms with van der Waals surface area (Å²) in [6.07, 6.45) is -0.890. The first kappa shape index (κ1) is 20.7. The van der Waals surface area contributed by atoms with Crippen molar-refractivity contribution in [2.45, 2.75) is 25.3 Å². The molecule has 0 aliphatic carbocycles. The number of furan rings is 1. The number of hydrogen-bond donors (Lipinski definition) is 1. The number of primary amides is 1. The number of rotatable bonds is 5. The quantitative estimate of drug-likeness (QED) is 0.623. The van der Waals surface area contributed by atoms with Gasteiger partial charge in [-0.15, -0.1) is 0 Å². The summed E-state index contributed by atoms with van der Waals surface area (Å²) >= 11 is 6.36. The molecule has 1 saturated heterocycles. The lowest BCUT2D eigenvalue weighted by Crippen LogP contribution is -2.55. The molecule has 158 valence electrons. The Balaban J connectivity index is 1.60. The van der Waals surface area contributed by atoms with Crippen molar-refractivity contribution < 1.29 is 22.4 Å². The Morgan fingerprint density at radius 1 is 1.17 bits per heavy atom. The lowest BCUT2D eigenvalue weighted by molar-refractivity contribution is 0.111. The number of ether oxygens (including phenoxy) is 1. The fourth-order valence-electron chi connectivity index (χ4n) is 3.59. The van der Waals surface area contributed by atoms with Gasteiger partial charge in [0, 0.05) is 18.5 Å². The maximum Gasteiger partial charge on any atom is 0.404 e. The highest BCUT2D eigenvalue weighted by molar-refractivity contribution is 7.89. The van der Waals surface area contributed by atoms with Crippen LogP contribution in [0, 0.1) is 5.41 Å². The summed E-state index contributed by atoms with van der Waals surface area (Å²) in [5.74, 6) is 0.418. The Hall–Kier alpha value is -2.55. The molecule has 0 spiro atoms. The number of amides is 1. The molecule has 1 aliphatic rings. The number of carbonyl (C=O) groups excluding carboxylic acids is 1. The molecule has 1 amide bonds. The van der Waals surface area contributed by atoms with E-state index in [0.717, 1.165) is 16.5 Å². The number of nitrogens with two attached hydrogens (primary N) is 1. The van der Waals surface area contributed by atoms with Crippen LogP contribution in [0.3, 0.4) is 0 Å². The van der Waals surface area contributed by atoms with Gasteiger partial charge in [0.2, 0.25) is 10.0 Å². The summed E-state index contributed by atoms with van der Waals surface area (Å²) in [5.41, 5.74) is 7.10. The van der Waals surface area contributed by atoms with Crippen LogP contribution in [-0.4, -0.2) is 31.9 Å². The number of carbonyl (C=O) groups is 1. The maximum absolute atomic E-state index is 12.7. The van der Waals surface area contributed by atoms with E-state index in [1.54, 1.807) is 36.4 Å². The van der Waals surface area contributed by atoms with Crippen molar-refractivity contribution in [2.75, 3.05) is 13.1 Å². The lowest BCUT2D eigenvalue weighted by Gasteiger charge is -2.44. The van der Waals surface area contributed by atoms with Gasteiger partial charge in [-0.2, -0.15) is 4.31 Å². The third kappa shape index (κ3) is 3.90. The van der Waals surface area contributed by atoms with Crippen molar-refractivity contribution in [3.63, 3.8) is 0 Å². The predicted molar refractivity (Wildman–Crippen MR) is 114 cm³/mol. The molecule has 2 N–H and O–H groups in total. The molecule has 0 atom stereocenters. The Morgan fingerprint density at radius 3 is 2.43 bits per heavy atom. The van der Waals surface area contributed by atoms with E-state index in [9.17, 15) is 13.2 Å². The SMILES string of the molecule is CC1(C)CN(S(=O)(=O)c2ccc(-c3cc(Cl)c4oc(COC(N)=O)cc4c3)cc2)C1. The summed E-state index contributed by atoms with van der Waals surface area (Å²) in [7, 11) is -3.48. The van der Waals surface area contributed by atoms with Gasteiger partial charge in [-0.3, -0.25) is 0 Å². The topological polar surface area (TPSA) is 103 Å². The van der Waals surface area contributed by atoms with Crippen LogP contribution in [-0.2, 0) is 21.4 Å². The first-order valence-corrected chi connectivity index (χ1v) is 11.1. The molecule has 0 bridgehead atoms. The molecule has 2 aromatic carbocycles. The summed E-state index contributed by atoms with van der Waals surface area (Å²) in [5, 5.41) is 1.13. The Bertz CT molecular complexity index is 1220. The zero-order valence-electron chi connectivity index (χ0n) is 16.5. The van der Waals surface area contributed by atoms with Crippen LogP contribution in [0.5, 0.6) is 0 Å². The van der Waals surface area contributed by atoms with Gasteiger partial charge in [0.05, 0.1) is 9.92 Å². The van der Waals surface area contributed by atoms with Gasteiger partial charge in [0.25, 0.3) is 0 Å². The second-order valence-electron chi connectivity index (χ2n) is 8.16. The summed E-state index contributed by atoms with van der Waals surface area (Å²) in [6, 6.07) is 12.1. The smallest absolute Gasteiger partial charge is 0.404 e. The largest absolute Gasteiger partial charge is 0.456 e. The van der Waals surface area contributed by atoms with E-state index in [0.29, 0.717) is 29.5 Å². The van der Waals surface area contributed by atoms with E-state index in [2.05, 4.69) is 0 Å². The molecule has 0 radical (unpaired) electrons. The molecule has 2 heterocycles. The van der Waals surface area contributed by atoms with E-state index < -0.39 is 16.1 Å². The number of sulfonamides is 1. The van der Waals surface area contributed by atoms with Crippen LogP contribution in [0.1, 0.15) is 19.6 Å². The predicted octanol–water partition coefficient (Wildman–Crippen LogP) is 4.38. The lowest BCUT2D eigenvalue weighted by atomic mass is 9.87. The fourth-order valence-corrected chi connectivity index (χ4v) is 5.67. The summed E-state index contributed by atoms with van der Waals surface area (Å²) in [4.78, 5) is 11.0. The van der Waals surface area contributed by atoms with Crippen LogP contribution in [0.4, 0.5) is 4.79 Å².